The average Bonchev–Trinajstić information content (AvgIpc) is 3.09. The van der Waals surface area contributed by atoms with Gasteiger partial charge in [0, 0.05) is 26.1 Å². The van der Waals surface area contributed by atoms with Crippen LogP contribution in [0.5, 0.6) is 0 Å². The lowest BCUT2D eigenvalue weighted by Crippen LogP contribution is -2.38. The van der Waals surface area contributed by atoms with Gasteiger partial charge in [-0.25, -0.2) is 0 Å². The van der Waals surface area contributed by atoms with Crippen LogP contribution in [0.3, 0.4) is 0 Å². The number of hydrogen-bond donors (Lipinski definition) is 3. The van der Waals surface area contributed by atoms with E-state index >= 15 is 0 Å². The molecule has 1 unspecified atom stereocenters. The minimum absolute atomic E-state index is 0. The molecule has 0 aliphatic carbocycles. The molecule has 0 amide bonds. The Morgan fingerprint density at radius 1 is 1.17 bits per heavy atom. The minimum atomic E-state index is -0.481. The first-order chi connectivity index (χ1) is 11.3. The van der Waals surface area contributed by atoms with Crippen molar-refractivity contribution in [1.82, 2.24) is 10.6 Å². The Morgan fingerprint density at radius 2 is 1.96 bits per heavy atom. The Morgan fingerprint density at radius 3 is 2.62 bits per heavy atom. The third kappa shape index (κ3) is 7.35. The Balaban J connectivity index is 0.00000288. The maximum Gasteiger partial charge on any atom is 0.191 e. The van der Waals surface area contributed by atoms with Crippen LogP contribution >= 0.6 is 24.0 Å². The average molecular weight is 443 g/mol. The first-order valence-corrected chi connectivity index (χ1v) is 8.07. The predicted octanol–water partition coefficient (Wildman–Crippen LogP) is 3.12. The van der Waals surface area contributed by atoms with E-state index in [1.165, 1.54) is 0 Å². The molecule has 24 heavy (non-hydrogen) atoms. The molecule has 1 atom stereocenters. The highest BCUT2D eigenvalue weighted by atomic mass is 127. The fourth-order valence-corrected chi connectivity index (χ4v) is 2.24. The number of rotatable bonds is 8. The molecule has 0 saturated heterocycles. The molecule has 0 spiro atoms. The van der Waals surface area contributed by atoms with Gasteiger partial charge in [0.15, 0.2) is 5.96 Å². The second-order valence-corrected chi connectivity index (χ2v) is 5.23. The van der Waals surface area contributed by atoms with E-state index in [2.05, 4.69) is 15.6 Å². The molecule has 6 heteroatoms. The number of halogens is 1. The van der Waals surface area contributed by atoms with Crippen molar-refractivity contribution >= 4 is 29.9 Å². The van der Waals surface area contributed by atoms with Gasteiger partial charge in [-0.15, -0.1) is 24.0 Å². The van der Waals surface area contributed by atoms with Crippen molar-refractivity contribution in [3.05, 3.63) is 60.1 Å². The highest BCUT2D eigenvalue weighted by Crippen LogP contribution is 2.15. The highest BCUT2D eigenvalue weighted by Gasteiger charge is 2.06. The third-order valence-corrected chi connectivity index (χ3v) is 3.44. The fourth-order valence-electron chi connectivity index (χ4n) is 2.24. The number of aliphatic hydroxyl groups excluding tert-OH is 1. The highest BCUT2D eigenvalue weighted by molar-refractivity contribution is 14.0. The van der Waals surface area contributed by atoms with Crippen LogP contribution in [-0.4, -0.2) is 30.7 Å². The maximum absolute atomic E-state index is 10.1. The van der Waals surface area contributed by atoms with Gasteiger partial charge in [-0.05, 0) is 31.0 Å². The van der Waals surface area contributed by atoms with E-state index in [-0.39, 0.29) is 24.0 Å². The number of aliphatic imine (C=N–C) groups is 1. The smallest absolute Gasteiger partial charge is 0.191 e. The van der Waals surface area contributed by atoms with Crippen molar-refractivity contribution in [2.45, 2.75) is 25.9 Å². The van der Waals surface area contributed by atoms with Crippen molar-refractivity contribution in [2.75, 3.05) is 19.6 Å². The SMILES string of the molecule is CCNC(=NCCC(O)c1ccccc1)NCCc1ccco1.I. The molecule has 0 bridgehead atoms. The number of furan rings is 1. The van der Waals surface area contributed by atoms with Crippen molar-refractivity contribution in [2.24, 2.45) is 4.99 Å². The van der Waals surface area contributed by atoms with E-state index < -0.39 is 6.10 Å². The number of hydrogen-bond acceptors (Lipinski definition) is 3. The lowest BCUT2D eigenvalue weighted by Gasteiger charge is -2.12. The van der Waals surface area contributed by atoms with Crippen LogP contribution in [0.1, 0.15) is 30.8 Å². The second-order valence-electron chi connectivity index (χ2n) is 5.23. The van der Waals surface area contributed by atoms with E-state index in [1.54, 1.807) is 6.26 Å². The standard InChI is InChI=1S/C18H25N3O2.HI/c1-2-19-18(20-12-10-16-9-6-14-23-16)21-13-11-17(22)15-7-4-3-5-8-15;/h3-9,14,17,22H,2,10-13H2,1H3,(H2,19,20,21);1H. The van der Waals surface area contributed by atoms with Crippen LogP contribution in [0.25, 0.3) is 0 Å². The zero-order chi connectivity index (χ0) is 16.3. The molecule has 1 aromatic heterocycles. The summed E-state index contributed by atoms with van der Waals surface area (Å²) in [6, 6.07) is 13.5. The number of aliphatic hydroxyl groups is 1. The van der Waals surface area contributed by atoms with Gasteiger partial charge in [0.1, 0.15) is 5.76 Å². The van der Waals surface area contributed by atoms with E-state index in [0.29, 0.717) is 13.0 Å². The molecule has 0 saturated carbocycles. The van der Waals surface area contributed by atoms with Crippen LogP contribution in [0.4, 0.5) is 0 Å². The molecular weight excluding hydrogens is 417 g/mol. The van der Waals surface area contributed by atoms with Crippen LogP contribution in [0.2, 0.25) is 0 Å². The van der Waals surface area contributed by atoms with Crippen LogP contribution in [0.15, 0.2) is 58.1 Å². The Labute approximate surface area is 160 Å². The van der Waals surface area contributed by atoms with Gasteiger partial charge < -0.3 is 20.2 Å². The quantitative estimate of drug-likeness (QED) is 0.333. The Hall–Kier alpha value is -1.54. The molecule has 0 fully saturated rings. The third-order valence-electron chi connectivity index (χ3n) is 3.44. The zero-order valence-corrected chi connectivity index (χ0v) is 16.3. The van der Waals surface area contributed by atoms with Crippen molar-refractivity contribution < 1.29 is 9.52 Å². The molecule has 0 aliphatic heterocycles. The molecule has 5 nitrogen and oxygen atoms in total. The van der Waals surface area contributed by atoms with Gasteiger partial charge in [0.05, 0.1) is 12.4 Å². The van der Waals surface area contributed by atoms with Crippen molar-refractivity contribution in [1.29, 1.82) is 0 Å². The Bertz CT molecular complexity index is 573. The van der Waals surface area contributed by atoms with E-state index in [0.717, 1.165) is 36.8 Å². The van der Waals surface area contributed by atoms with Crippen molar-refractivity contribution in [3.63, 3.8) is 0 Å². The first kappa shape index (κ1) is 20.5. The molecule has 3 N–H and O–H groups in total. The summed E-state index contributed by atoms with van der Waals surface area (Å²) in [7, 11) is 0. The number of benzene rings is 1. The van der Waals surface area contributed by atoms with Gasteiger partial charge in [-0.2, -0.15) is 0 Å². The lowest BCUT2D eigenvalue weighted by molar-refractivity contribution is 0.170. The van der Waals surface area contributed by atoms with E-state index in [1.807, 2.05) is 49.4 Å². The van der Waals surface area contributed by atoms with Gasteiger partial charge in [-0.3, -0.25) is 4.99 Å². The molecule has 2 rings (SSSR count). The molecule has 2 aromatic rings. The molecule has 1 aromatic carbocycles. The number of nitrogens with zero attached hydrogens (tertiary/aromatic N) is 1. The zero-order valence-electron chi connectivity index (χ0n) is 13.9. The normalized spacial score (nSPS) is 12.3. The monoisotopic (exact) mass is 443 g/mol. The molecule has 0 aliphatic rings. The van der Waals surface area contributed by atoms with Gasteiger partial charge >= 0.3 is 0 Å². The van der Waals surface area contributed by atoms with Gasteiger partial charge in [-0.1, -0.05) is 30.3 Å². The number of guanidine groups is 1. The van der Waals surface area contributed by atoms with Crippen LogP contribution in [-0.2, 0) is 6.42 Å². The summed E-state index contributed by atoms with van der Waals surface area (Å²) in [6.07, 6.45) is 2.61. The van der Waals surface area contributed by atoms with Crippen molar-refractivity contribution in [3.8, 4) is 0 Å². The summed E-state index contributed by atoms with van der Waals surface area (Å²) in [5.41, 5.74) is 0.929. The topological polar surface area (TPSA) is 69.8 Å². The van der Waals surface area contributed by atoms with E-state index in [9.17, 15) is 5.11 Å². The van der Waals surface area contributed by atoms with Crippen LogP contribution in [0, 0.1) is 0 Å². The summed E-state index contributed by atoms with van der Waals surface area (Å²) in [5, 5.41) is 16.6. The fraction of sp³-hybridized carbons (Fsp3) is 0.389. The maximum atomic E-state index is 10.1. The summed E-state index contributed by atoms with van der Waals surface area (Å²) < 4.78 is 5.30. The molecule has 132 valence electrons. The predicted molar refractivity (Wildman–Crippen MR) is 108 cm³/mol. The second kappa shape index (κ2) is 11.9. The largest absolute Gasteiger partial charge is 0.469 e. The summed E-state index contributed by atoms with van der Waals surface area (Å²) in [4.78, 5) is 4.50. The summed E-state index contributed by atoms with van der Waals surface area (Å²) >= 11 is 0. The lowest BCUT2D eigenvalue weighted by atomic mass is 10.1. The van der Waals surface area contributed by atoms with E-state index in [4.69, 9.17) is 4.42 Å². The Kier molecular flexibility index (Phi) is 10.2. The summed E-state index contributed by atoms with van der Waals surface area (Å²) in [6.45, 7) is 4.14. The van der Waals surface area contributed by atoms with Crippen LogP contribution < -0.4 is 10.6 Å². The molecular formula is C18H26IN3O2. The first-order valence-electron chi connectivity index (χ1n) is 8.07. The van der Waals surface area contributed by atoms with Gasteiger partial charge in [0.2, 0.25) is 0 Å². The minimum Gasteiger partial charge on any atom is -0.469 e. The number of nitrogens with one attached hydrogen (secondary N) is 2. The van der Waals surface area contributed by atoms with Gasteiger partial charge in [0.25, 0.3) is 0 Å². The molecule has 0 radical (unpaired) electrons. The molecule has 1 heterocycles. The summed E-state index contributed by atoms with van der Waals surface area (Å²) in [5.74, 6) is 1.71.